The predicted octanol–water partition coefficient (Wildman–Crippen LogP) is 7.46. The average molecular weight is 397 g/mol. The third-order valence-corrected chi connectivity index (χ3v) is 6.13. The van der Waals surface area contributed by atoms with Gasteiger partial charge in [0.25, 0.3) is 0 Å². The summed E-state index contributed by atoms with van der Waals surface area (Å²) in [6.45, 7) is 5.89. The Labute approximate surface area is 173 Å². The summed E-state index contributed by atoms with van der Waals surface area (Å²) in [5.74, 6) is 1.05. The highest BCUT2D eigenvalue weighted by Crippen LogP contribution is 2.38. The van der Waals surface area contributed by atoms with Gasteiger partial charge in [0.1, 0.15) is 17.0 Å². The molecular weight excluding hydrogens is 363 g/mol. The molecule has 1 heterocycles. The number of halogens is 1. The zero-order chi connectivity index (χ0) is 20.6. The van der Waals surface area contributed by atoms with Gasteiger partial charge in [0.2, 0.25) is 0 Å². The van der Waals surface area contributed by atoms with Crippen LogP contribution in [0.1, 0.15) is 82.0 Å². The van der Waals surface area contributed by atoms with Crippen LogP contribution in [0.5, 0.6) is 0 Å². The van der Waals surface area contributed by atoms with Crippen LogP contribution in [0.3, 0.4) is 0 Å². The molecule has 0 radical (unpaired) electrons. The molecule has 3 rings (SSSR count). The molecule has 1 aromatic heterocycles. The summed E-state index contributed by atoms with van der Waals surface area (Å²) < 4.78 is 20.7. The van der Waals surface area contributed by atoms with Gasteiger partial charge in [-0.15, -0.1) is 6.58 Å². The molecule has 0 bridgehead atoms. The van der Waals surface area contributed by atoms with Crippen LogP contribution in [-0.2, 0) is 6.42 Å². The van der Waals surface area contributed by atoms with Crippen LogP contribution in [0.4, 0.5) is 4.39 Å². The number of aryl methyl sites for hydroxylation is 1. The van der Waals surface area contributed by atoms with E-state index in [2.05, 4.69) is 25.7 Å². The zero-order valence-electron chi connectivity index (χ0n) is 17.6. The van der Waals surface area contributed by atoms with E-state index >= 15 is 4.39 Å². The Kier molecular flexibility index (Phi) is 7.85. The average Bonchev–Trinajstić information content (AvgIpc) is 2.72. The van der Waals surface area contributed by atoms with Gasteiger partial charge in [0, 0.05) is 6.42 Å². The van der Waals surface area contributed by atoms with Crippen LogP contribution in [0, 0.1) is 11.7 Å². The van der Waals surface area contributed by atoms with Crippen molar-refractivity contribution < 1.29 is 8.81 Å². The maximum absolute atomic E-state index is 15.3. The van der Waals surface area contributed by atoms with Crippen LogP contribution in [0.25, 0.3) is 10.8 Å². The van der Waals surface area contributed by atoms with E-state index in [1.54, 1.807) is 0 Å². The number of hydrogen-bond donors (Lipinski definition) is 0. The largest absolute Gasteiger partial charge is 0.427 e. The first-order valence-electron chi connectivity index (χ1n) is 11.2. The van der Waals surface area contributed by atoms with Gasteiger partial charge in [-0.2, -0.15) is 0 Å². The molecular formula is C26H33FO2. The molecule has 0 atom stereocenters. The lowest BCUT2D eigenvalue weighted by atomic mass is 9.78. The van der Waals surface area contributed by atoms with E-state index in [-0.39, 0.29) is 17.1 Å². The van der Waals surface area contributed by atoms with Crippen molar-refractivity contribution in [3.63, 3.8) is 0 Å². The molecule has 0 amide bonds. The maximum atomic E-state index is 15.3. The Morgan fingerprint density at radius 1 is 1.17 bits per heavy atom. The first kappa shape index (κ1) is 21.5. The Hall–Kier alpha value is -2.16. The minimum Gasteiger partial charge on any atom is -0.427 e. The Bertz CT molecular complexity index is 901. The van der Waals surface area contributed by atoms with Gasteiger partial charge in [0.05, 0.1) is 0 Å². The second-order valence-electron chi connectivity index (χ2n) is 8.30. The van der Waals surface area contributed by atoms with E-state index in [4.69, 9.17) is 4.42 Å². The minimum absolute atomic E-state index is 0.119. The van der Waals surface area contributed by atoms with Crippen molar-refractivity contribution in [2.24, 2.45) is 5.92 Å². The summed E-state index contributed by atoms with van der Waals surface area (Å²) in [5, 5.41) is 0.779. The molecule has 2 aromatic rings. The van der Waals surface area contributed by atoms with Gasteiger partial charge in [-0.25, -0.2) is 9.18 Å². The van der Waals surface area contributed by atoms with Crippen molar-refractivity contribution in [3.05, 3.63) is 70.6 Å². The number of hydrogen-bond acceptors (Lipinski definition) is 2. The number of unbranched alkanes of at least 4 members (excludes halogenated alkanes) is 3. The predicted molar refractivity (Wildman–Crippen MR) is 119 cm³/mol. The van der Waals surface area contributed by atoms with Crippen LogP contribution < -0.4 is 5.63 Å². The molecule has 1 fully saturated rings. The molecule has 0 unspecified atom stereocenters. The number of fused-ring (bicyclic) bond motifs is 1. The molecule has 3 heteroatoms. The molecule has 1 saturated carbocycles. The van der Waals surface area contributed by atoms with Gasteiger partial charge in [-0.3, -0.25) is 0 Å². The van der Waals surface area contributed by atoms with Crippen molar-refractivity contribution in [1.29, 1.82) is 0 Å². The van der Waals surface area contributed by atoms with E-state index in [9.17, 15) is 4.79 Å². The van der Waals surface area contributed by atoms with Crippen molar-refractivity contribution in [3.8, 4) is 0 Å². The van der Waals surface area contributed by atoms with Gasteiger partial charge in [-0.1, -0.05) is 50.1 Å². The molecule has 29 heavy (non-hydrogen) atoms. The van der Waals surface area contributed by atoms with Gasteiger partial charge < -0.3 is 4.42 Å². The SMILES string of the molecule is C=CCC/C=C/C1CCC(c2ccc3cc(CCCCC)oc(=O)c3c2F)CC1. The van der Waals surface area contributed by atoms with Crippen LogP contribution >= 0.6 is 0 Å². The summed E-state index contributed by atoms with van der Waals surface area (Å²) >= 11 is 0. The fourth-order valence-electron chi connectivity index (χ4n) is 4.42. The first-order chi connectivity index (χ1) is 14.1. The maximum Gasteiger partial charge on any atom is 0.346 e. The van der Waals surface area contributed by atoms with Crippen molar-refractivity contribution >= 4 is 10.8 Å². The van der Waals surface area contributed by atoms with Crippen molar-refractivity contribution in [2.45, 2.75) is 77.0 Å². The summed E-state index contributed by atoms with van der Waals surface area (Å²) in [7, 11) is 0. The fourth-order valence-corrected chi connectivity index (χ4v) is 4.42. The third-order valence-electron chi connectivity index (χ3n) is 6.13. The summed E-state index contributed by atoms with van der Waals surface area (Å²) in [5.41, 5.74) is 0.143. The number of benzene rings is 1. The Morgan fingerprint density at radius 2 is 1.97 bits per heavy atom. The van der Waals surface area contributed by atoms with Crippen LogP contribution in [0.15, 0.2) is 52.2 Å². The lowest BCUT2D eigenvalue weighted by Crippen LogP contribution is -2.14. The lowest BCUT2D eigenvalue weighted by Gasteiger charge is -2.27. The van der Waals surface area contributed by atoms with Gasteiger partial charge >= 0.3 is 5.63 Å². The highest BCUT2D eigenvalue weighted by Gasteiger charge is 2.25. The van der Waals surface area contributed by atoms with Gasteiger partial charge in [-0.05, 0) is 73.8 Å². The molecule has 0 spiro atoms. The molecule has 2 nitrogen and oxygen atoms in total. The van der Waals surface area contributed by atoms with E-state index in [1.807, 2.05) is 24.3 Å². The molecule has 1 aromatic carbocycles. The fraction of sp³-hybridized carbons (Fsp3) is 0.500. The van der Waals surface area contributed by atoms with E-state index in [0.717, 1.165) is 64.2 Å². The normalized spacial score (nSPS) is 19.8. The van der Waals surface area contributed by atoms with Crippen molar-refractivity contribution in [2.75, 3.05) is 0 Å². The molecule has 0 saturated heterocycles. The summed E-state index contributed by atoms with van der Waals surface area (Å²) in [6.07, 6.45) is 16.5. The van der Waals surface area contributed by atoms with E-state index < -0.39 is 5.63 Å². The first-order valence-corrected chi connectivity index (χ1v) is 11.2. The highest BCUT2D eigenvalue weighted by molar-refractivity contribution is 5.83. The van der Waals surface area contributed by atoms with E-state index in [0.29, 0.717) is 22.6 Å². The number of rotatable bonds is 9. The monoisotopic (exact) mass is 396 g/mol. The molecule has 1 aliphatic rings. The molecule has 0 N–H and O–H groups in total. The summed E-state index contributed by atoms with van der Waals surface area (Å²) in [4.78, 5) is 12.5. The Balaban J connectivity index is 1.72. The summed E-state index contributed by atoms with van der Waals surface area (Å²) in [6, 6.07) is 5.62. The van der Waals surface area contributed by atoms with Crippen LogP contribution in [0.2, 0.25) is 0 Å². The smallest absolute Gasteiger partial charge is 0.346 e. The van der Waals surface area contributed by atoms with Crippen molar-refractivity contribution in [1.82, 2.24) is 0 Å². The number of allylic oxidation sites excluding steroid dienone is 3. The second kappa shape index (κ2) is 10.6. The molecule has 156 valence electrons. The molecule has 0 aliphatic heterocycles. The quantitative estimate of drug-likeness (QED) is 0.325. The second-order valence-corrected chi connectivity index (χ2v) is 8.30. The molecule has 1 aliphatic carbocycles. The highest BCUT2D eigenvalue weighted by atomic mass is 19.1. The lowest BCUT2D eigenvalue weighted by molar-refractivity contribution is 0.368. The van der Waals surface area contributed by atoms with E-state index in [1.165, 1.54) is 0 Å². The third kappa shape index (κ3) is 5.46. The van der Waals surface area contributed by atoms with Gasteiger partial charge in [0.15, 0.2) is 0 Å². The standard InChI is InChI=1S/C26H33FO2/c1-3-5-7-9-10-19-12-14-20(15-13-19)23-17-16-21-18-22(11-8-6-4-2)29-26(28)24(21)25(23)27/h3,9-10,16-20H,1,4-8,11-15H2,2H3/b10-9+. The zero-order valence-corrected chi connectivity index (χ0v) is 17.6. The van der Waals surface area contributed by atoms with Crippen LogP contribution in [-0.4, -0.2) is 0 Å². The Morgan fingerprint density at radius 3 is 2.69 bits per heavy atom. The minimum atomic E-state index is -0.535. The topological polar surface area (TPSA) is 30.2 Å².